The Balaban J connectivity index is 1.32. The van der Waals surface area contributed by atoms with Crippen molar-refractivity contribution in [2.45, 2.75) is 69.1 Å². The van der Waals surface area contributed by atoms with Gasteiger partial charge in [-0.3, -0.25) is 9.36 Å². The topological polar surface area (TPSA) is 85.3 Å². The van der Waals surface area contributed by atoms with Crippen molar-refractivity contribution in [1.29, 1.82) is 0 Å². The molecular weight excluding hydrogens is 370 g/mol. The molecule has 1 saturated carbocycles. The van der Waals surface area contributed by atoms with Crippen LogP contribution in [0, 0.1) is 0 Å². The van der Waals surface area contributed by atoms with E-state index in [0.29, 0.717) is 12.2 Å². The van der Waals surface area contributed by atoms with Gasteiger partial charge < -0.3 is 19.8 Å². The van der Waals surface area contributed by atoms with E-state index in [0.717, 1.165) is 62.8 Å². The van der Waals surface area contributed by atoms with Crippen molar-refractivity contribution in [3.05, 3.63) is 34.2 Å². The van der Waals surface area contributed by atoms with E-state index in [1.165, 1.54) is 12.8 Å². The van der Waals surface area contributed by atoms with Gasteiger partial charge in [-0.2, -0.15) is 0 Å². The van der Waals surface area contributed by atoms with Crippen molar-refractivity contribution in [3.8, 4) is 0 Å². The molecule has 1 aromatic carbocycles. The number of aromatic amines is 1. The number of nitrogens with zero attached hydrogens (tertiary/aromatic N) is 1. The standard InChI is InChI=1S/C22H29N3O4/c26-20(23-16-7-10-29-22(14-16)8-11-28-12-9-22)15-5-6-19-18(13-15)24-21(27)25(19)17-3-1-2-4-17/h5-6,13,16-17H,1-4,7-12,14H2,(H,23,26)(H,24,27). The van der Waals surface area contributed by atoms with Gasteiger partial charge in [0, 0.05) is 37.5 Å². The summed E-state index contributed by atoms with van der Waals surface area (Å²) in [6, 6.07) is 5.92. The van der Waals surface area contributed by atoms with Gasteiger partial charge in [0.1, 0.15) is 0 Å². The first-order valence-corrected chi connectivity index (χ1v) is 10.9. The van der Waals surface area contributed by atoms with E-state index in [1.807, 2.05) is 16.7 Å². The summed E-state index contributed by atoms with van der Waals surface area (Å²) < 4.78 is 13.4. The minimum absolute atomic E-state index is 0.0738. The van der Waals surface area contributed by atoms with Crippen molar-refractivity contribution in [3.63, 3.8) is 0 Å². The number of amides is 1. The fourth-order valence-corrected chi connectivity index (χ4v) is 5.31. The number of aromatic nitrogens is 2. The third kappa shape index (κ3) is 3.62. The molecule has 7 nitrogen and oxygen atoms in total. The van der Waals surface area contributed by atoms with Crippen molar-refractivity contribution in [2.75, 3.05) is 19.8 Å². The van der Waals surface area contributed by atoms with E-state index in [4.69, 9.17) is 9.47 Å². The maximum atomic E-state index is 12.9. The number of benzene rings is 1. The molecular formula is C22H29N3O4. The van der Waals surface area contributed by atoms with Crippen molar-refractivity contribution in [2.24, 2.45) is 0 Å². The van der Waals surface area contributed by atoms with E-state index in [-0.39, 0.29) is 29.3 Å². The lowest BCUT2D eigenvalue weighted by atomic mass is 9.84. The van der Waals surface area contributed by atoms with Crippen LogP contribution in [0.5, 0.6) is 0 Å². The molecule has 1 unspecified atom stereocenters. The van der Waals surface area contributed by atoms with E-state index >= 15 is 0 Å². The molecule has 2 N–H and O–H groups in total. The van der Waals surface area contributed by atoms with Gasteiger partial charge in [0.15, 0.2) is 0 Å². The second-order valence-electron chi connectivity index (χ2n) is 8.78. The maximum Gasteiger partial charge on any atom is 0.326 e. The molecule has 3 heterocycles. The Hall–Kier alpha value is -2.12. The molecule has 2 saturated heterocycles. The number of hydrogen-bond acceptors (Lipinski definition) is 4. The summed E-state index contributed by atoms with van der Waals surface area (Å²) in [6.07, 6.45) is 7.87. The number of hydrogen-bond donors (Lipinski definition) is 2. The summed E-state index contributed by atoms with van der Waals surface area (Å²) in [6.45, 7) is 2.12. The number of fused-ring (bicyclic) bond motifs is 1. The first-order chi connectivity index (χ1) is 14.1. The predicted molar refractivity (Wildman–Crippen MR) is 109 cm³/mol. The fraction of sp³-hybridized carbons (Fsp3) is 0.636. The third-order valence-electron chi connectivity index (χ3n) is 6.90. The van der Waals surface area contributed by atoms with Gasteiger partial charge in [0.2, 0.25) is 0 Å². The van der Waals surface area contributed by atoms with Crippen LogP contribution in [-0.2, 0) is 9.47 Å². The molecule has 156 valence electrons. The summed E-state index contributed by atoms with van der Waals surface area (Å²) in [4.78, 5) is 28.3. The first kappa shape index (κ1) is 18.9. The van der Waals surface area contributed by atoms with Crippen LogP contribution in [0.3, 0.4) is 0 Å². The lowest BCUT2D eigenvalue weighted by Crippen LogP contribution is -2.51. The maximum absolute atomic E-state index is 12.9. The highest BCUT2D eigenvalue weighted by atomic mass is 16.5. The van der Waals surface area contributed by atoms with Crippen molar-refractivity contribution >= 4 is 16.9 Å². The number of rotatable bonds is 3. The molecule has 3 aliphatic rings. The molecule has 2 aliphatic heterocycles. The number of carbonyl (C=O) groups is 1. The molecule has 1 amide bonds. The van der Waals surface area contributed by atoms with Crippen LogP contribution >= 0.6 is 0 Å². The van der Waals surface area contributed by atoms with Gasteiger partial charge >= 0.3 is 5.69 Å². The molecule has 1 spiro atoms. The second-order valence-corrected chi connectivity index (χ2v) is 8.78. The molecule has 1 aromatic heterocycles. The van der Waals surface area contributed by atoms with Crippen LogP contribution < -0.4 is 11.0 Å². The first-order valence-electron chi connectivity index (χ1n) is 10.9. The average Bonchev–Trinajstić information content (AvgIpc) is 3.34. The van der Waals surface area contributed by atoms with Gasteiger partial charge in [0.05, 0.1) is 16.6 Å². The van der Waals surface area contributed by atoms with Gasteiger partial charge in [0.25, 0.3) is 5.91 Å². The molecule has 1 atom stereocenters. The van der Waals surface area contributed by atoms with E-state index in [2.05, 4.69) is 10.3 Å². The summed E-state index contributed by atoms with van der Waals surface area (Å²) in [5.74, 6) is -0.0875. The molecule has 7 heteroatoms. The Morgan fingerprint density at radius 2 is 1.93 bits per heavy atom. The zero-order valence-electron chi connectivity index (χ0n) is 16.7. The van der Waals surface area contributed by atoms with Crippen LogP contribution in [0.25, 0.3) is 11.0 Å². The molecule has 5 rings (SSSR count). The SMILES string of the molecule is O=C(NC1CCOC2(CCOCC2)C1)c1ccc2c(c1)[nH]c(=O)n2C1CCCC1. The predicted octanol–water partition coefficient (Wildman–Crippen LogP) is 2.90. The van der Waals surface area contributed by atoms with Crippen LogP contribution in [0.4, 0.5) is 0 Å². The molecule has 2 aromatic rings. The van der Waals surface area contributed by atoms with Crippen LogP contribution in [-0.4, -0.2) is 46.9 Å². The Bertz CT molecular complexity index is 945. The fourth-order valence-electron chi connectivity index (χ4n) is 5.31. The number of carbonyl (C=O) groups excluding carboxylic acids is 1. The van der Waals surface area contributed by atoms with E-state index < -0.39 is 0 Å². The summed E-state index contributed by atoms with van der Waals surface area (Å²) >= 11 is 0. The Kier molecular flexibility index (Phi) is 4.95. The Labute approximate surface area is 169 Å². The number of ether oxygens (including phenoxy) is 2. The molecule has 0 radical (unpaired) electrons. The van der Waals surface area contributed by atoms with Crippen molar-refractivity contribution < 1.29 is 14.3 Å². The zero-order valence-corrected chi connectivity index (χ0v) is 16.7. The summed E-state index contributed by atoms with van der Waals surface area (Å²) in [5.41, 5.74) is 2.00. The van der Waals surface area contributed by atoms with Gasteiger partial charge in [-0.15, -0.1) is 0 Å². The van der Waals surface area contributed by atoms with Crippen molar-refractivity contribution in [1.82, 2.24) is 14.9 Å². The van der Waals surface area contributed by atoms with Crippen LogP contribution in [0.2, 0.25) is 0 Å². The number of H-pyrrole nitrogens is 1. The average molecular weight is 399 g/mol. The minimum Gasteiger partial charge on any atom is -0.381 e. The highest BCUT2D eigenvalue weighted by molar-refractivity contribution is 5.97. The van der Waals surface area contributed by atoms with Crippen LogP contribution in [0.15, 0.2) is 23.0 Å². The summed E-state index contributed by atoms with van der Waals surface area (Å²) in [5, 5.41) is 3.19. The number of imidazole rings is 1. The Morgan fingerprint density at radius 3 is 2.72 bits per heavy atom. The third-order valence-corrected chi connectivity index (χ3v) is 6.90. The van der Waals surface area contributed by atoms with E-state index in [9.17, 15) is 9.59 Å². The highest BCUT2D eigenvalue weighted by Gasteiger charge is 2.39. The summed E-state index contributed by atoms with van der Waals surface area (Å²) in [7, 11) is 0. The zero-order chi connectivity index (χ0) is 19.8. The Morgan fingerprint density at radius 1 is 1.14 bits per heavy atom. The second kappa shape index (κ2) is 7.61. The highest BCUT2D eigenvalue weighted by Crippen LogP contribution is 2.34. The largest absolute Gasteiger partial charge is 0.381 e. The molecule has 3 fully saturated rings. The lowest BCUT2D eigenvalue weighted by Gasteiger charge is -2.43. The van der Waals surface area contributed by atoms with Gasteiger partial charge in [-0.25, -0.2) is 4.79 Å². The monoisotopic (exact) mass is 399 g/mol. The molecule has 0 bridgehead atoms. The molecule has 29 heavy (non-hydrogen) atoms. The van der Waals surface area contributed by atoms with Gasteiger partial charge in [-0.05, 0) is 56.7 Å². The number of nitrogens with one attached hydrogen (secondary N) is 2. The normalized spacial score (nSPS) is 24.9. The smallest absolute Gasteiger partial charge is 0.326 e. The molecule has 1 aliphatic carbocycles. The van der Waals surface area contributed by atoms with Gasteiger partial charge in [-0.1, -0.05) is 12.8 Å². The quantitative estimate of drug-likeness (QED) is 0.831. The van der Waals surface area contributed by atoms with E-state index in [1.54, 1.807) is 6.07 Å². The van der Waals surface area contributed by atoms with Crippen LogP contribution in [0.1, 0.15) is 67.8 Å². The minimum atomic E-state index is -0.151. The lowest BCUT2D eigenvalue weighted by molar-refractivity contribution is -0.139.